The topological polar surface area (TPSA) is 44.8 Å². The van der Waals surface area contributed by atoms with Gasteiger partial charge in [-0.3, -0.25) is 4.79 Å². The van der Waals surface area contributed by atoms with Crippen LogP contribution in [0.1, 0.15) is 39.0 Å². The van der Waals surface area contributed by atoms with E-state index >= 15 is 0 Å². The highest BCUT2D eigenvalue weighted by Crippen LogP contribution is 2.16. The number of carbonyl (C=O) groups excluding carboxylic acids is 1. The van der Waals surface area contributed by atoms with Crippen LogP contribution in [0.25, 0.3) is 0 Å². The van der Waals surface area contributed by atoms with Crippen molar-refractivity contribution in [3.8, 4) is 0 Å². The van der Waals surface area contributed by atoms with Gasteiger partial charge in [-0.15, -0.1) is 0 Å². The number of esters is 1. The summed E-state index contributed by atoms with van der Waals surface area (Å²) in [5, 5.41) is 0. The molecule has 4 nitrogen and oxygen atoms in total. The van der Waals surface area contributed by atoms with Gasteiger partial charge in [-0.05, 0) is 32.6 Å². The minimum absolute atomic E-state index is 0.0483. The molecule has 1 saturated heterocycles. The average Bonchev–Trinajstić information content (AvgIpc) is 2.27. The summed E-state index contributed by atoms with van der Waals surface area (Å²) in [5.74, 6) is -0.185. The Balaban J connectivity index is 2.11. The third-order valence-corrected chi connectivity index (χ3v) is 2.50. The van der Waals surface area contributed by atoms with Gasteiger partial charge in [-0.2, -0.15) is 0 Å². The van der Waals surface area contributed by atoms with Crippen molar-refractivity contribution < 1.29 is 19.0 Å². The molecule has 0 amide bonds. The van der Waals surface area contributed by atoms with Gasteiger partial charge in [-0.25, -0.2) is 0 Å². The molecular formula is C11H20O4. The van der Waals surface area contributed by atoms with E-state index in [0.717, 1.165) is 25.9 Å². The van der Waals surface area contributed by atoms with Crippen molar-refractivity contribution in [3.63, 3.8) is 0 Å². The van der Waals surface area contributed by atoms with Gasteiger partial charge >= 0.3 is 5.97 Å². The highest BCUT2D eigenvalue weighted by atomic mass is 16.7. The second kappa shape index (κ2) is 6.80. The maximum absolute atomic E-state index is 10.9. The monoisotopic (exact) mass is 216 g/mol. The molecule has 0 N–H and O–H groups in total. The van der Waals surface area contributed by atoms with Gasteiger partial charge in [0.1, 0.15) is 0 Å². The summed E-state index contributed by atoms with van der Waals surface area (Å²) in [7, 11) is 1.40. The van der Waals surface area contributed by atoms with Crippen molar-refractivity contribution in [1.82, 2.24) is 0 Å². The van der Waals surface area contributed by atoms with Crippen molar-refractivity contribution in [2.45, 2.75) is 51.4 Å². The van der Waals surface area contributed by atoms with Crippen molar-refractivity contribution in [2.24, 2.45) is 0 Å². The lowest BCUT2D eigenvalue weighted by Crippen LogP contribution is -2.26. The molecule has 0 spiro atoms. The molecule has 0 bridgehead atoms. The van der Waals surface area contributed by atoms with Crippen molar-refractivity contribution in [2.75, 3.05) is 13.7 Å². The molecule has 1 rings (SSSR count). The number of methoxy groups -OCH3 is 1. The maximum Gasteiger partial charge on any atom is 0.305 e. The zero-order chi connectivity index (χ0) is 11.1. The summed E-state index contributed by atoms with van der Waals surface area (Å²) in [6.07, 6.45) is 4.31. The Bertz CT molecular complexity index is 187. The van der Waals surface area contributed by atoms with E-state index in [0.29, 0.717) is 12.8 Å². The first-order valence-corrected chi connectivity index (χ1v) is 5.56. The summed E-state index contributed by atoms with van der Waals surface area (Å²) >= 11 is 0. The van der Waals surface area contributed by atoms with Crippen LogP contribution in [0, 0.1) is 0 Å². The van der Waals surface area contributed by atoms with Crippen LogP contribution < -0.4 is 0 Å². The normalized spacial score (nSPS) is 23.5. The quantitative estimate of drug-likeness (QED) is 0.658. The lowest BCUT2D eigenvalue weighted by Gasteiger charge is -2.25. The minimum atomic E-state index is -0.185. The van der Waals surface area contributed by atoms with Crippen LogP contribution in [-0.4, -0.2) is 32.1 Å². The molecular weight excluding hydrogens is 196 g/mol. The molecule has 0 aliphatic carbocycles. The van der Waals surface area contributed by atoms with Crippen LogP contribution in [0.2, 0.25) is 0 Å². The standard InChI is InChI=1S/C11H20O4/c1-9(6-7-10(12)13-2)15-11-5-3-4-8-14-11/h9,11H,3-8H2,1-2H3/t9-,11-/m0/s1. The molecule has 1 fully saturated rings. The predicted octanol–water partition coefficient (Wildman–Crippen LogP) is 1.87. The van der Waals surface area contributed by atoms with E-state index in [1.165, 1.54) is 7.11 Å². The lowest BCUT2D eigenvalue weighted by atomic mass is 10.2. The summed E-state index contributed by atoms with van der Waals surface area (Å²) in [6, 6.07) is 0. The first-order valence-electron chi connectivity index (χ1n) is 5.56. The molecule has 1 aliphatic heterocycles. The summed E-state index contributed by atoms with van der Waals surface area (Å²) in [6.45, 7) is 2.75. The van der Waals surface area contributed by atoms with Crippen LogP contribution in [0.15, 0.2) is 0 Å². The summed E-state index contributed by atoms with van der Waals surface area (Å²) in [5.41, 5.74) is 0. The van der Waals surface area contributed by atoms with E-state index in [-0.39, 0.29) is 18.4 Å². The van der Waals surface area contributed by atoms with Gasteiger partial charge in [0.25, 0.3) is 0 Å². The molecule has 0 radical (unpaired) electrons. The molecule has 88 valence electrons. The van der Waals surface area contributed by atoms with Crippen LogP contribution in [0.3, 0.4) is 0 Å². The molecule has 1 heterocycles. The molecule has 2 atom stereocenters. The Labute approximate surface area is 90.9 Å². The Kier molecular flexibility index (Phi) is 5.65. The van der Waals surface area contributed by atoms with Gasteiger partial charge in [0, 0.05) is 13.0 Å². The molecule has 0 saturated carbocycles. The first kappa shape index (κ1) is 12.5. The van der Waals surface area contributed by atoms with Gasteiger partial charge in [-0.1, -0.05) is 0 Å². The molecule has 4 heteroatoms. The molecule has 15 heavy (non-hydrogen) atoms. The Morgan fingerprint density at radius 3 is 2.93 bits per heavy atom. The minimum Gasteiger partial charge on any atom is -0.469 e. The summed E-state index contributed by atoms with van der Waals surface area (Å²) in [4.78, 5) is 10.9. The van der Waals surface area contributed by atoms with Gasteiger partial charge in [0.05, 0.1) is 13.2 Å². The third kappa shape index (κ3) is 5.14. The van der Waals surface area contributed by atoms with E-state index < -0.39 is 0 Å². The third-order valence-electron chi connectivity index (χ3n) is 2.50. The fraction of sp³-hybridized carbons (Fsp3) is 0.909. The van der Waals surface area contributed by atoms with Crippen molar-refractivity contribution in [1.29, 1.82) is 0 Å². The van der Waals surface area contributed by atoms with Gasteiger partial charge in [0.2, 0.25) is 0 Å². The van der Waals surface area contributed by atoms with Crippen LogP contribution in [-0.2, 0) is 19.0 Å². The zero-order valence-corrected chi connectivity index (χ0v) is 9.53. The first-order chi connectivity index (χ1) is 7.22. The van der Waals surface area contributed by atoms with Crippen LogP contribution in [0.4, 0.5) is 0 Å². The Morgan fingerprint density at radius 1 is 1.53 bits per heavy atom. The van der Waals surface area contributed by atoms with Gasteiger partial charge in [0.15, 0.2) is 6.29 Å². The second-order valence-electron chi connectivity index (χ2n) is 3.86. The number of rotatable bonds is 5. The van der Waals surface area contributed by atoms with E-state index in [1.54, 1.807) is 0 Å². The smallest absolute Gasteiger partial charge is 0.305 e. The maximum atomic E-state index is 10.9. The summed E-state index contributed by atoms with van der Waals surface area (Å²) < 4.78 is 15.7. The number of carbonyl (C=O) groups is 1. The fourth-order valence-corrected chi connectivity index (χ4v) is 1.57. The highest BCUT2D eigenvalue weighted by Gasteiger charge is 2.17. The molecule has 0 aromatic rings. The van der Waals surface area contributed by atoms with Gasteiger partial charge < -0.3 is 14.2 Å². The van der Waals surface area contributed by atoms with E-state index in [2.05, 4.69) is 4.74 Å². The largest absolute Gasteiger partial charge is 0.469 e. The Hall–Kier alpha value is -0.610. The molecule has 1 aliphatic rings. The Morgan fingerprint density at radius 2 is 2.33 bits per heavy atom. The van der Waals surface area contributed by atoms with Crippen LogP contribution in [0.5, 0.6) is 0 Å². The molecule has 0 aromatic heterocycles. The number of ether oxygens (including phenoxy) is 3. The number of hydrogen-bond donors (Lipinski definition) is 0. The van der Waals surface area contributed by atoms with Crippen LogP contribution >= 0.6 is 0 Å². The van der Waals surface area contributed by atoms with Crippen molar-refractivity contribution in [3.05, 3.63) is 0 Å². The van der Waals surface area contributed by atoms with E-state index in [4.69, 9.17) is 9.47 Å². The second-order valence-corrected chi connectivity index (χ2v) is 3.86. The molecule has 0 aromatic carbocycles. The molecule has 0 unspecified atom stereocenters. The van der Waals surface area contributed by atoms with E-state index in [1.807, 2.05) is 6.92 Å². The van der Waals surface area contributed by atoms with Crippen molar-refractivity contribution >= 4 is 5.97 Å². The lowest BCUT2D eigenvalue weighted by molar-refractivity contribution is -0.186. The highest BCUT2D eigenvalue weighted by molar-refractivity contribution is 5.69. The predicted molar refractivity (Wildman–Crippen MR) is 55.4 cm³/mol. The fourth-order valence-electron chi connectivity index (χ4n) is 1.57. The SMILES string of the molecule is COC(=O)CC[C@H](C)O[C@H]1CCCCO1. The average molecular weight is 216 g/mol. The van der Waals surface area contributed by atoms with E-state index in [9.17, 15) is 4.79 Å². The zero-order valence-electron chi connectivity index (χ0n) is 9.53. The number of hydrogen-bond acceptors (Lipinski definition) is 4.